The number of imidazole rings is 1. The number of carbonyl (C=O) groups is 1. The van der Waals surface area contributed by atoms with Crippen molar-refractivity contribution in [3.63, 3.8) is 0 Å². The molecule has 1 aromatic heterocycles. The molecule has 156 valence electrons. The zero-order chi connectivity index (χ0) is 21.3. The van der Waals surface area contributed by atoms with Crippen LogP contribution >= 0.6 is 0 Å². The van der Waals surface area contributed by atoms with Gasteiger partial charge in [0, 0.05) is 18.7 Å². The van der Waals surface area contributed by atoms with Crippen LogP contribution in [0.25, 0.3) is 11.3 Å². The fraction of sp³-hybridized carbons (Fsp3) is 0.238. The van der Waals surface area contributed by atoms with E-state index in [0.717, 1.165) is 0 Å². The molecule has 2 aromatic carbocycles. The molecule has 8 nitrogen and oxygen atoms in total. The van der Waals surface area contributed by atoms with E-state index in [1.165, 1.54) is 22.8 Å². The van der Waals surface area contributed by atoms with Crippen LogP contribution in [0.3, 0.4) is 0 Å². The monoisotopic (exact) mass is 427 g/mol. The zero-order valence-electron chi connectivity index (χ0n) is 16.0. The number of rotatable bonds is 5. The number of sulfonamides is 1. The minimum atomic E-state index is -3.74. The van der Waals surface area contributed by atoms with Gasteiger partial charge in [-0.3, -0.25) is 0 Å². The third kappa shape index (κ3) is 3.62. The van der Waals surface area contributed by atoms with Gasteiger partial charge in [0.25, 0.3) is 0 Å². The molecule has 1 aliphatic rings. The average molecular weight is 427 g/mol. The van der Waals surface area contributed by atoms with E-state index < -0.39 is 28.1 Å². The third-order valence-electron chi connectivity index (χ3n) is 5.29. The normalized spacial score (nSPS) is 20.2. The molecule has 1 aliphatic heterocycles. The second kappa shape index (κ2) is 8.02. The van der Waals surface area contributed by atoms with E-state index in [1.54, 1.807) is 47.0 Å². The predicted molar refractivity (Wildman–Crippen MR) is 109 cm³/mol. The molecule has 0 aliphatic carbocycles. The number of nitrogens with zero attached hydrogens (tertiary/aromatic N) is 3. The molecule has 9 heteroatoms. The van der Waals surface area contributed by atoms with E-state index in [1.807, 2.05) is 6.07 Å². The van der Waals surface area contributed by atoms with Gasteiger partial charge in [0.1, 0.15) is 0 Å². The van der Waals surface area contributed by atoms with Crippen LogP contribution in [-0.4, -0.2) is 57.6 Å². The summed E-state index contributed by atoms with van der Waals surface area (Å²) in [7, 11) is -3.74. The van der Waals surface area contributed by atoms with Crippen LogP contribution in [0.15, 0.2) is 71.9 Å². The minimum absolute atomic E-state index is 0.00759. The van der Waals surface area contributed by atoms with Crippen molar-refractivity contribution in [2.45, 2.75) is 23.5 Å². The number of aliphatic hydroxyl groups is 1. The molecule has 0 unspecified atom stereocenters. The van der Waals surface area contributed by atoms with Gasteiger partial charge < -0.3 is 14.8 Å². The first kappa shape index (κ1) is 20.3. The van der Waals surface area contributed by atoms with Gasteiger partial charge in [0.2, 0.25) is 10.0 Å². The molecule has 0 radical (unpaired) electrons. The maximum absolute atomic E-state index is 13.1. The SMILES string of the molecule is O=C(O)c1ncn([C@H]2CN(S(=O)(=O)c3ccccc3)CC[C@@H]2O)c1-c1ccccc1. The molecule has 2 heterocycles. The lowest BCUT2D eigenvalue weighted by molar-refractivity contribution is 0.0598. The summed E-state index contributed by atoms with van der Waals surface area (Å²) in [6.45, 7) is 0.184. The van der Waals surface area contributed by atoms with Crippen LogP contribution in [0, 0.1) is 0 Å². The van der Waals surface area contributed by atoms with E-state index in [-0.39, 0.29) is 30.1 Å². The summed E-state index contributed by atoms with van der Waals surface area (Å²) in [5.41, 5.74) is 0.824. The summed E-state index contributed by atoms with van der Waals surface area (Å²) in [4.78, 5) is 15.9. The van der Waals surface area contributed by atoms with Gasteiger partial charge in [-0.1, -0.05) is 48.5 Å². The second-order valence-corrected chi connectivity index (χ2v) is 9.06. The Morgan fingerprint density at radius 2 is 1.67 bits per heavy atom. The number of benzene rings is 2. The highest BCUT2D eigenvalue weighted by molar-refractivity contribution is 7.89. The quantitative estimate of drug-likeness (QED) is 0.646. The van der Waals surface area contributed by atoms with Gasteiger partial charge >= 0.3 is 5.97 Å². The maximum atomic E-state index is 13.1. The van der Waals surface area contributed by atoms with Crippen LogP contribution in [0.4, 0.5) is 0 Å². The smallest absolute Gasteiger partial charge is 0.356 e. The predicted octanol–water partition coefficient (Wildman–Crippen LogP) is 2.24. The van der Waals surface area contributed by atoms with Gasteiger partial charge in [0.05, 0.1) is 29.1 Å². The van der Waals surface area contributed by atoms with Crippen LogP contribution < -0.4 is 0 Å². The molecule has 1 fully saturated rings. The van der Waals surface area contributed by atoms with Gasteiger partial charge in [-0.25, -0.2) is 18.2 Å². The maximum Gasteiger partial charge on any atom is 0.356 e. The Hall–Kier alpha value is -3.01. The fourth-order valence-electron chi connectivity index (χ4n) is 3.77. The number of hydrogen-bond acceptors (Lipinski definition) is 5. The van der Waals surface area contributed by atoms with Crippen LogP contribution in [0.2, 0.25) is 0 Å². The molecule has 2 N–H and O–H groups in total. The van der Waals surface area contributed by atoms with Crippen molar-refractivity contribution in [3.8, 4) is 11.3 Å². The van der Waals surface area contributed by atoms with Crippen molar-refractivity contribution in [1.29, 1.82) is 0 Å². The van der Waals surface area contributed by atoms with Crippen molar-refractivity contribution in [3.05, 3.63) is 72.7 Å². The van der Waals surface area contributed by atoms with Crippen LogP contribution in [0.5, 0.6) is 0 Å². The van der Waals surface area contributed by atoms with Gasteiger partial charge in [-0.15, -0.1) is 0 Å². The van der Waals surface area contributed by atoms with Crippen LogP contribution in [-0.2, 0) is 10.0 Å². The topological polar surface area (TPSA) is 113 Å². The summed E-state index contributed by atoms with van der Waals surface area (Å²) in [6.07, 6.45) is 0.745. The number of piperidine rings is 1. The van der Waals surface area contributed by atoms with Crippen molar-refractivity contribution in [1.82, 2.24) is 13.9 Å². The molecule has 4 rings (SSSR count). The number of aromatic nitrogens is 2. The molecular formula is C21H21N3O5S. The van der Waals surface area contributed by atoms with Gasteiger partial charge in [-0.05, 0) is 18.6 Å². The Morgan fingerprint density at radius 3 is 2.30 bits per heavy atom. The molecule has 0 amide bonds. The Labute approximate surface area is 174 Å². The van der Waals surface area contributed by atoms with E-state index in [4.69, 9.17) is 0 Å². The number of hydrogen-bond donors (Lipinski definition) is 2. The Bertz CT molecular complexity index is 1150. The zero-order valence-corrected chi connectivity index (χ0v) is 16.8. The van der Waals surface area contributed by atoms with Crippen molar-refractivity contribution < 1.29 is 23.4 Å². The molecule has 0 saturated carbocycles. The summed E-state index contributed by atoms with van der Waals surface area (Å²) in [6, 6.07) is 16.3. The summed E-state index contributed by atoms with van der Waals surface area (Å²) < 4.78 is 29.0. The Kier molecular flexibility index (Phi) is 5.42. The molecule has 2 atom stereocenters. The van der Waals surface area contributed by atoms with E-state index in [0.29, 0.717) is 11.3 Å². The molecule has 0 spiro atoms. The summed E-state index contributed by atoms with van der Waals surface area (Å²) >= 11 is 0. The standard InChI is InChI=1S/C21H21N3O5S/c25-18-11-12-23(30(28,29)16-9-5-2-6-10-16)13-17(18)24-14-22-19(21(26)27)20(24)15-7-3-1-4-8-15/h1-10,14,17-18,25H,11-13H2,(H,26,27)/t17-,18-/m0/s1. The molecule has 3 aromatic rings. The number of carboxylic acids is 1. The number of carboxylic acid groups (broad SMARTS) is 1. The summed E-state index contributed by atoms with van der Waals surface area (Å²) in [5.74, 6) is -1.19. The van der Waals surface area contributed by atoms with Crippen LogP contribution in [0.1, 0.15) is 23.0 Å². The highest BCUT2D eigenvalue weighted by atomic mass is 32.2. The fourth-order valence-corrected chi connectivity index (χ4v) is 5.27. The van der Waals surface area contributed by atoms with Crippen molar-refractivity contribution in [2.75, 3.05) is 13.1 Å². The molecular weight excluding hydrogens is 406 g/mol. The first-order valence-electron chi connectivity index (χ1n) is 9.48. The second-order valence-electron chi connectivity index (χ2n) is 7.12. The molecule has 0 bridgehead atoms. The lowest BCUT2D eigenvalue weighted by Gasteiger charge is -2.36. The highest BCUT2D eigenvalue weighted by Crippen LogP contribution is 2.32. The van der Waals surface area contributed by atoms with E-state index in [2.05, 4.69) is 4.98 Å². The number of aliphatic hydroxyl groups excluding tert-OH is 1. The molecule has 1 saturated heterocycles. The summed E-state index contributed by atoms with van der Waals surface area (Å²) in [5, 5.41) is 20.3. The molecule has 30 heavy (non-hydrogen) atoms. The third-order valence-corrected chi connectivity index (χ3v) is 7.17. The highest BCUT2D eigenvalue weighted by Gasteiger charge is 2.37. The Morgan fingerprint density at radius 1 is 1.03 bits per heavy atom. The van der Waals surface area contributed by atoms with Crippen molar-refractivity contribution in [2.24, 2.45) is 0 Å². The number of aromatic carboxylic acids is 1. The lowest BCUT2D eigenvalue weighted by atomic mass is 10.0. The Balaban J connectivity index is 1.74. The largest absolute Gasteiger partial charge is 0.476 e. The lowest BCUT2D eigenvalue weighted by Crippen LogP contribution is -2.46. The van der Waals surface area contributed by atoms with Crippen molar-refractivity contribution >= 4 is 16.0 Å². The van der Waals surface area contributed by atoms with E-state index in [9.17, 15) is 23.4 Å². The average Bonchev–Trinajstić information content (AvgIpc) is 3.20. The first-order chi connectivity index (χ1) is 14.4. The van der Waals surface area contributed by atoms with Gasteiger partial charge in [0.15, 0.2) is 5.69 Å². The minimum Gasteiger partial charge on any atom is -0.476 e. The van der Waals surface area contributed by atoms with E-state index >= 15 is 0 Å². The van der Waals surface area contributed by atoms with Gasteiger partial charge in [-0.2, -0.15) is 4.31 Å². The first-order valence-corrected chi connectivity index (χ1v) is 10.9.